The second kappa shape index (κ2) is 8.99. The summed E-state index contributed by atoms with van der Waals surface area (Å²) >= 11 is 5.83. The number of benzene rings is 2. The van der Waals surface area contributed by atoms with E-state index in [1.54, 1.807) is 31.4 Å². The maximum atomic E-state index is 12.4. The van der Waals surface area contributed by atoms with E-state index in [-0.39, 0.29) is 18.1 Å². The highest BCUT2D eigenvalue weighted by atomic mass is 35.5. The summed E-state index contributed by atoms with van der Waals surface area (Å²) in [5.74, 6) is 0.396. The summed E-state index contributed by atoms with van der Waals surface area (Å²) in [6, 6.07) is 13.7. The van der Waals surface area contributed by atoms with Gasteiger partial charge in [0.05, 0.1) is 19.8 Å². The van der Waals surface area contributed by atoms with E-state index in [1.165, 1.54) is 0 Å². The van der Waals surface area contributed by atoms with Crippen LogP contribution in [0.3, 0.4) is 0 Å². The number of piperidine rings is 1. The maximum Gasteiger partial charge on any atom is 0.241 e. The summed E-state index contributed by atoms with van der Waals surface area (Å²) < 4.78 is 10.9. The molecular weight excluding hydrogens is 368 g/mol. The van der Waals surface area contributed by atoms with Gasteiger partial charge < -0.3 is 20.1 Å². The molecule has 2 unspecified atom stereocenters. The minimum absolute atomic E-state index is 0.0855. The van der Waals surface area contributed by atoms with E-state index in [2.05, 4.69) is 10.6 Å². The average Bonchev–Trinajstić information content (AvgIpc) is 2.69. The smallest absolute Gasteiger partial charge is 0.241 e. The molecule has 0 spiro atoms. The Morgan fingerprint density at radius 1 is 1.26 bits per heavy atom. The summed E-state index contributed by atoms with van der Waals surface area (Å²) in [5, 5.41) is 6.45. The lowest BCUT2D eigenvalue weighted by Crippen LogP contribution is -2.53. The molecule has 2 aromatic carbocycles. The van der Waals surface area contributed by atoms with Crippen LogP contribution in [0.4, 0.5) is 5.69 Å². The number of amides is 1. The highest BCUT2D eigenvalue weighted by molar-refractivity contribution is 6.30. The number of halogens is 1. The molecule has 1 fully saturated rings. The Bertz CT molecular complexity index is 810. The van der Waals surface area contributed by atoms with Gasteiger partial charge in [-0.15, -0.1) is 0 Å². The molecule has 1 aliphatic rings. The van der Waals surface area contributed by atoms with Crippen LogP contribution in [0.2, 0.25) is 5.02 Å². The molecule has 2 atom stereocenters. The molecule has 0 saturated carbocycles. The quantitative estimate of drug-likeness (QED) is 0.795. The van der Waals surface area contributed by atoms with Crippen molar-refractivity contribution in [3.63, 3.8) is 0 Å². The molecule has 1 heterocycles. The van der Waals surface area contributed by atoms with Gasteiger partial charge in [-0.05, 0) is 42.0 Å². The van der Waals surface area contributed by atoms with Crippen LogP contribution < -0.4 is 15.4 Å². The molecule has 1 amide bonds. The number of methoxy groups -OCH3 is 1. The van der Waals surface area contributed by atoms with Gasteiger partial charge in [-0.25, -0.2) is 0 Å². The normalized spacial score (nSPS) is 19.6. The molecule has 0 radical (unpaired) electrons. The lowest BCUT2D eigenvalue weighted by molar-refractivity contribution is -0.137. The Morgan fingerprint density at radius 2 is 2.04 bits per heavy atom. The number of ether oxygens (including phenoxy) is 2. The fourth-order valence-corrected chi connectivity index (χ4v) is 2.95. The third kappa shape index (κ3) is 5.29. The first kappa shape index (κ1) is 19.4. The molecule has 0 aromatic heterocycles. The van der Waals surface area contributed by atoms with Gasteiger partial charge in [0.25, 0.3) is 0 Å². The fraction of sp³-hybridized carbons (Fsp3) is 0.300. The molecular formula is C20H21ClN2O4. The third-order valence-corrected chi connectivity index (χ3v) is 4.58. The highest BCUT2D eigenvalue weighted by Crippen LogP contribution is 2.17. The Hall–Kier alpha value is -2.41. The second-order valence-corrected chi connectivity index (χ2v) is 6.72. The standard InChI is InChI=1S/C20H21ClN2O4/c1-26-16-4-2-3-13(9-16)12-27-19-11-22-17(10-18(19)24)20(25)23-15-7-5-14(21)6-8-15/h2-9,17,19,22H,10-12H2,1H3,(H,23,25). The zero-order valence-electron chi connectivity index (χ0n) is 14.9. The van der Waals surface area contributed by atoms with Gasteiger partial charge >= 0.3 is 0 Å². The minimum Gasteiger partial charge on any atom is -0.497 e. The molecule has 3 rings (SSSR count). The van der Waals surface area contributed by atoms with Crippen LogP contribution >= 0.6 is 11.6 Å². The van der Waals surface area contributed by atoms with E-state index in [1.807, 2.05) is 24.3 Å². The van der Waals surface area contributed by atoms with Crippen molar-refractivity contribution in [3.05, 3.63) is 59.1 Å². The van der Waals surface area contributed by atoms with Crippen LogP contribution in [-0.4, -0.2) is 37.5 Å². The molecule has 2 aromatic rings. The topological polar surface area (TPSA) is 76.7 Å². The first-order chi connectivity index (χ1) is 13.0. The first-order valence-corrected chi connectivity index (χ1v) is 9.00. The number of hydrogen-bond donors (Lipinski definition) is 2. The summed E-state index contributed by atoms with van der Waals surface area (Å²) in [5.41, 5.74) is 1.56. The third-order valence-electron chi connectivity index (χ3n) is 4.33. The Labute approximate surface area is 162 Å². The molecule has 1 saturated heterocycles. The SMILES string of the molecule is COc1cccc(COC2CNC(C(=O)Nc3ccc(Cl)cc3)CC2=O)c1. The largest absolute Gasteiger partial charge is 0.497 e. The molecule has 2 N–H and O–H groups in total. The number of Topliss-reactive ketones (excluding diaryl/α,β-unsaturated/α-hetero) is 1. The zero-order chi connectivity index (χ0) is 19.2. The summed E-state index contributed by atoms with van der Waals surface area (Å²) in [4.78, 5) is 24.7. The van der Waals surface area contributed by atoms with E-state index >= 15 is 0 Å². The Balaban J connectivity index is 1.50. The van der Waals surface area contributed by atoms with Crippen molar-refractivity contribution in [2.24, 2.45) is 0 Å². The maximum absolute atomic E-state index is 12.4. The fourth-order valence-electron chi connectivity index (χ4n) is 2.83. The van der Waals surface area contributed by atoms with E-state index in [4.69, 9.17) is 21.1 Å². The number of carbonyl (C=O) groups excluding carboxylic acids is 2. The van der Waals surface area contributed by atoms with E-state index in [0.717, 1.165) is 11.3 Å². The van der Waals surface area contributed by atoms with Crippen molar-refractivity contribution < 1.29 is 19.1 Å². The van der Waals surface area contributed by atoms with Gasteiger partial charge in [0.2, 0.25) is 5.91 Å². The van der Waals surface area contributed by atoms with Crippen molar-refractivity contribution in [1.29, 1.82) is 0 Å². The molecule has 7 heteroatoms. The van der Waals surface area contributed by atoms with E-state index in [0.29, 0.717) is 23.9 Å². The number of hydrogen-bond acceptors (Lipinski definition) is 5. The second-order valence-electron chi connectivity index (χ2n) is 6.28. The van der Waals surface area contributed by atoms with Crippen molar-refractivity contribution in [2.45, 2.75) is 25.2 Å². The monoisotopic (exact) mass is 388 g/mol. The van der Waals surface area contributed by atoms with Crippen molar-refractivity contribution >= 4 is 29.0 Å². The predicted octanol–water partition coefficient (Wildman–Crippen LogP) is 2.80. The minimum atomic E-state index is -0.579. The average molecular weight is 389 g/mol. The van der Waals surface area contributed by atoms with Gasteiger partial charge in [0.1, 0.15) is 11.9 Å². The van der Waals surface area contributed by atoms with Crippen molar-refractivity contribution in [2.75, 3.05) is 19.0 Å². The number of carbonyl (C=O) groups is 2. The van der Waals surface area contributed by atoms with Crippen molar-refractivity contribution in [3.8, 4) is 5.75 Å². The number of rotatable bonds is 6. The van der Waals surface area contributed by atoms with Crippen LogP contribution in [0, 0.1) is 0 Å². The molecule has 142 valence electrons. The van der Waals surface area contributed by atoms with Gasteiger partial charge in [0.15, 0.2) is 5.78 Å². The van der Waals surface area contributed by atoms with Gasteiger partial charge in [-0.2, -0.15) is 0 Å². The van der Waals surface area contributed by atoms with Crippen LogP contribution in [0.15, 0.2) is 48.5 Å². The summed E-state index contributed by atoms with van der Waals surface area (Å²) in [7, 11) is 1.60. The molecule has 27 heavy (non-hydrogen) atoms. The number of nitrogens with one attached hydrogen (secondary N) is 2. The van der Waals surface area contributed by atoms with E-state index < -0.39 is 12.1 Å². The van der Waals surface area contributed by atoms with Crippen LogP contribution in [0.25, 0.3) is 0 Å². The molecule has 0 bridgehead atoms. The van der Waals surface area contributed by atoms with Crippen LogP contribution in [-0.2, 0) is 20.9 Å². The number of anilines is 1. The lowest BCUT2D eigenvalue weighted by atomic mass is 10.0. The van der Waals surface area contributed by atoms with Crippen molar-refractivity contribution in [1.82, 2.24) is 5.32 Å². The van der Waals surface area contributed by atoms with Gasteiger partial charge in [-0.1, -0.05) is 23.7 Å². The van der Waals surface area contributed by atoms with Gasteiger partial charge in [0, 0.05) is 23.7 Å². The Morgan fingerprint density at radius 3 is 2.74 bits per heavy atom. The van der Waals surface area contributed by atoms with Crippen LogP contribution in [0.5, 0.6) is 5.75 Å². The molecule has 1 aliphatic heterocycles. The summed E-state index contributed by atoms with van der Waals surface area (Å²) in [6.07, 6.45) is -0.488. The van der Waals surface area contributed by atoms with Crippen LogP contribution in [0.1, 0.15) is 12.0 Å². The Kier molecular flexibility index (Phi) is 6.45. The van der Waals surface area contributed by atoms with E-state index in [9.17, 15) is 9.59 Å². The first-order valence-electron chi connectivity index (χ1n) is 8.62. The van der Waals surface area contributed by atoms with Gasteiger partial charge in [-0.3, -0.25) is 9.59 Å². The highest BCUT2D eigenvalue weighted by Gasteiger charge is 2.32. The number of ketones is 1. The summed E-state index contributed by atoms with van der Waals surface area (Å²) in [6.45, 7) is 0.596. The lowest BCUT2D eigenvalue weighted by Gasteiger charge is -2.28. The molecule has 6 nitrogen and oxygen atoms in total. The zero-order valence-corrected chi connectivity index (χ0v) is 15.7. The molecule has 0 aliphatic carbocycles. The predicted molar refractivity (Wildman–Crippen MR) is 103 cm³/mol.